The molecule has 2 rings (SSSR count). The van der Waals surface area contributed by atoms with Gasteiger partial charge in [0.15, 0.2) is 11.5 Å². The van der Waals surface area contributed by atoms with Crippen molar-refractivity contribution < 1.29 is 9.47 Å². The number of methoxy groups -OCH3 is 1. The van der Waals surface area contributed by atoms with E-state index >= 15 is 0 Å². The molecule has 0 bridgehead atoms. The van der Waals surface area contributed by atoms with Gasteiger partial charge in [-0.1, -0.05) is 12.1 Å². The van der Waals surface area contributed by atoms with Crippen molar-refractivity contribution in [2.24, 2.45) is 5.92 Å². The maximum absolute atomic E-state index is 5.59. The molecule has 0 spiro atoms. The Balaban J connectivity index is 2.16. The number of rotatable bonds is 5. The second kappa shape index (κ2) is 5.92. The lowest BCUT2D eigenvalue weighted by atomic mass is 9.98. The smallest absolute Gasteiger partial charge is 0.163 e. The Bertz CT molecular complexity index is 359. The summed E-state index contributed by atoms with van der Waals surface area (Å²) in [6, 6.07) is 6.16. The van der Waals surface area contributed by atoms with Gasteiger partial charge in [-0.25, -0.2) is 0 Å². The molecule has 3 nitrogen and oxygen atoms in total. The lowest BCUT2D eigenvalue weighted by Crippen LogP contribution is -2.11. The van der Waals surface area contributed by atoms with Crippen LogP contribution in [0, 0.1) is 5.92 Å². The van der Waals surface area contributed by atoms with Crippen molar-refractivity contribution in [3.63, 3.8) is 0 Å². The second-order valence-electron chi connectivity index (χ2n) is 4.44. The number of hydrogen-bond donors (Lipinski definition) is 1. The molecule has 1 atom stereocenters. The number of benzene rings is 1. The normalized spacial score (nSPS) is 19.3. The summed E-state index contributed by atoms with van der Waals surface area (Å²) in [7, 11) is 1.72. The topological polar surface area (TPSA) is 30.5 Å². The van der Waals surface area contributed by atoms with Gasteiger partial charge in [-0.15, -0.1) is 0 Å². The van der Waals surface area contributed by atoms with Gasteiger partial charge in [0.05, 0.1) is 13.7 Å². The SMILES string of the molecule is CCOc1cccc(CC2CCNC2)c1OC. The van der Waals surface area contributed by atoms with E-state index in [1.807, 2.05) is 19.1 Å². The van der Waals surface area contributed by atoms with Gasteiger partial charge in [0.2, 0.25) is 0 Å². The van der Waals surface area contributed by atoms with Crippen LogP contribution in [0.1, 0.15) is 18.9 Å². The quantitative estimate of drug-likeness (QED) is 0.849. The van der Waals surface area contributed by atoms with Crippen molar-refractivity contribution in [3.05, 3.63) is 23.8 Å². The number of hydrogen-bond acceptors (Lipinski definition) is 3. The van der Waals surface area contributed by atoms with Crippen molar-refractivity contribution in [3.8, 4) is 11.5 Å². The van der Waals surface area contributed by atoms with E-state index in [1.165, 1.54) is 12.0 Å². The van der Waals surface area contributed by atoms with Crippen LogP contribution < -0.4 is 14.8 Å². The lowest BCUT2D eigenvalue weighted by Gasteiger charge is -2.15. The van der Waals surface area contributed by atoms with Crippen LogP contribution in [0.2, 0.25) is 0 Å². The summed E-state index contributed by atoms with van der Waals surface area (Å²) in [5.74, 6) is 2.49. The van der Waals surface area contributed by atoms with Crippen LogP contribution in [0.5, 0.6) is 11.5 Å². The first kappa shape index (κ1) is 12.2. The summed E-state index contributed by atoms with van der Waals surface area (Å²) < 4.78 is 11.1. The molecule has 1 aromatic carbocycles. The standard InChI is InChI=1S/C14H21NO2/c1-3-17-13-6-4-5-12(14(13)16-2)9-11-7-8-15-10-11/h4-6,11,15H,3,7-10H2,1-2H3. The zero-order valence-corrected chi connectivity index (χ0v) is 10.7. The van der Waals surface area contributed by atoms with E-state index in [4.69, 9.17) is 9.47 Å². The molecule has 1 aliphatic rings. The van der Waals surface area contributed by atoms with Gasteiger partial charge in [0, 0.05) is 0 Å². The fourth-order valence-electron chi connectivity index (χ4n) is 2.42. The Morgan fingerprint density at radius 3 is 2.94 bits per heavy atom. The van der Waals surface area contributed by atoms with Gasteiger partial charge in [-0.05, 0) is 50.4 Å². The summed E-state index contributed by atoms with van der Waals surface area (Å²) in [5.41, 5.74) is 1.26. The van der Waals surface area contributed by atoms with E-state index in [0.29, 0.717) is 6.61 Å². The molecule has 0 saturated carbocycles. The molecule has 1 fully saturated rings. The summed E-state index contributed by atoms with van der Waals surface area (Å²) in [5, 5.41) is 3.40. The van der Waals surface area contributed by atoms with Crippen molar-refractivity contribution in [2.75, 3.05) is 26.8 Å². The zero-order chi connectivity index (χ0) is 12.1. The number of ether oxygens (including phenoxy) is 2. The van der Waals surface area contributed by atoms with E-state index in [0.717, 1.165) is 36.9 Å². The fraction of sp³-hybridized carbons (Fsp3) is 0.571. The van der Waals surface area contributed by atoms with Crippen molar-refractivity contribution in [2.45, 2.75) is 19.8 Å². The molecule has 94 valence electrons. The Hall–Kier alpha value is -1.22. The fourth-order valence-corrected chi connectivity index (χ4v) is 2.42. The van der Waals surface area contributed by atoms with Gasteiger partial charge in [-0.2, -0.15) is 0 Å². The molecule has 1 aliphatic heterocycles. The third-order valence-corrected chi connectivity index (χ3v) is 3.24. The Morgan fingerprint density at radius 2 is 2.29 bits per heavy atom. The Labute approximate surface area is 103 Å². The van der Waals surface area contributed by atoms with E-state index in [9.17, 15) is 0 Å². The lowest BCUT2D eigenvalue weighted by molar-refractivity contribution is 0.308. The molecule has 1 unspecified atom stereocenters. The average molecular weight is 235 g/mol. The van der Waals surface area contributed by atoms with Gasteiger partial charge < -0.3 is 14.8 Å². The first-order valence-electron chi connectivity index (χ1n) is 6.34. The van der Waals surface area contributed by atoms with Crippen LogP contribution in [0.25, 0.3) is 0 Å². The third kappa shape index (κ3) is 2.91. The summed E-state index contributed by atoms with van der Waals surface area (Å²) in [6.45, 7) is 4.91. The molecule has 0 aromatic heterocycles. The zero-order valence-electron chi connectivity index (χ0n) is 10.7. The predicted molar refractivity (Wildman–Crippen MR) is 68.8 cm³/mol. The van der Waals surface area contributed by atoms with Crippen molar-refractivity contribution >= 4 is 0 Å². The van der Waals surface area contributed by atoms with E-state index < -0.39 is 0 Å². The van der Waals surface area contributed by atoms with Crippen LogP contribution in [0.15, 0.2) is 18.2 Å². The van der Waals surface area contributed by atoms with Gasteiger partial charge in [0.1, 0.15) is 0 Å². The number of para-hydroxylation sites is 1. The molecule has 1 saturated heterocycles. The molecular weight excluding hydrogens is 214 g/mol. The van der Waals surface area contributed by atoms with E-state index in [1.54, 1.807) is 7.11 Å². The maximum Gasteiger partial charge on any atom is 0.163 e. The second-order valence-corrected chi connectivity index (χ2v) is 4.44. The molecule has 1 heterocycles. The average Bonchev–Trinajstić information content (AvgIpc) is 2.83. The first-order chi connectivity index (χ1) is 8.35. The van der Waals surface area contributed by atoms with Gasteiger partial charge >= 0.3 is 0 Å². The minimum Gasteiger partial charge on any atom is -0.493 e. The maximum atomic E-state index is 5.59. The third-order valence-electron chi connectivity index (χ3n) is 3.24. The molecule has 1 aromatic rings. The molecule has 3 heteroatoms. The molecule has 0 radical (unpaired) electrons. The van der Waals surface area contributed by atoms with Crippen LogP contribution in [-0.4, -0.2) is 26.8 Å². The van der Waals surface area contributed by atoms with E-state index in [-0.39, 0.29) is 0 Å². The Morgan fingerprint density at radius 1 is 1.41 bits per heavy atom. The van der Waals surface area contributed by atoms with Crippen molar-refractivity contribution in [1.29, 1.82) is 0 Å². The highest BCUT2D eigenvalue weighted by Gasteiger charge is 2.18. The summed E-state index contributed by atoms with van der Waals surface area (Å²) in [6.07, 6.45) is 2.32. The first-order valence-corrected chi connectivity index (χ1v) is 6.34. The minimum absolute atomic E-state index is 0.671. The molecule has 0 amide bonds. The van der Waals surface area contributed by atoms with Crippen LogP contribution in [0.3, 0.4) is 0 Å². The number of nitrogens with one attached hydrogen (secondary N) is 1. The highest BCUT2D eigenvalue weighted by Crippen LogP contribution is 2.33. The van der Waals surface area contributed by atoms with Crippen LogP contribution in [0.4, 0.5) is 0 Å². The Kier molecular flexibility index (Phi) is 4.26. The van der Waals surface area contributed by atoms with E-state index in [2.05, 4.69) is 11.4 Å². The highest BCUT2D eigenvalue weighted by atomic mass is 16.5. The largest absolute Gasteiger partial charge is 0.493 e. The highest BCUT2D eigenvalue weighted by molar-refractivity contribution is 5.46. The monoisotopic (exact) mass is 235 g/mol. The van der Waals surface area contributed by atoms with Crippen molar-refractivity contribution in [1.82, 2.24) is 5.32 Å². The molecule has 0 aliphatic carbocycles. The molecule has 1 N–H and O–H groups in total. The van der Waals surface area contributed by atoms with Gasteiger partial charge in [0.25, 0.3) is 0 Å². The summed E-state index contributed by atoms with van der Waals surface area (Å²) >= 11 is 0. The molecule has 17 heavy (non-hydrogen) atoms. The summed E-state index contributed by atoms with van der Waals surface area (Å²) in [4.78, 5) is 0. The minimum atomic E-state index is 0.671. The van der Waals surface area contributed by atoms with Crippen LogP contribution >= 0.6 is 0 Å². The predicted octanol–water partition coefficient (Wildman–Crippen LogP) is 2.25. The molecular formula is C14H21NO2. The van der Waals surface area contributed by atoms with Gasteiger partial charge in [-0.3, -0.25) is 0 Å². The van der Waals surface area contributed by atoms with Crippen LogP contribution in [-0.2, 0) is 6.42 Å².